The van der Waals surface area contributed by atoms with Gasteiger partial charge in [-0.15, -0.1) is 6.58 Å². The Bertz CT molecular complexity index is 131. The van der Waals surface area contributed by atoms with E-state index in [2.05, 4.69) is 32.7 Å². The number of hydrogen-bond acceptors (Lipinski definition) is 1. The molecule has 1 nitrogen and oxygen atoms in total. The fraction of sp³-hybridized carbons (Fsp3) is 0.846. The first kappa shape index (κ1) is 13.7. The predicted molar refractivity (Wildman–Crippen MR) is 65.6 cm³/mol. The van der Waals surface area contributed by atoms with Crippen LogP contribution in [0.2, 0.25) is 0 Å². The predicted octanol–water partition coefficient (Wildman–Crippen LogP) is 3.90. The van der Waals surface area contributed by atoms with Crippen LogP contribution in [0.3, 0.4) is 0 Å². The first-order chi connectivity index (χ1) is 6.70. The summed E-state index contributed by atoms with van der Waals surface area (Å²) >= 11 is 0. The Balaban J connectivity index is 3.26. The summed E-state index contributed by atoms with van der Waals surface area (Å²) in [5.41, 5.74) is 0. The second-order valence-electron chi connectivity index (χ2n) is 4.29. The van der Waals surface area contributed by atoms with Gasteiger partial charge in [0.05, 0.1) is 0 Å². The van der Waals surface area contributed by atoms with E-state index in [1.165, 1.54) is 38.5 Å². The van der Waals surface area contributed by atoms with Crippen molar-refractivity contribution in [2.45, 2.75) is 71.4 Å². The highest BCUT2D eigenvalue weighted by molar-refractivity contribution is 4.83. The molecule has 0 aliphatic heterocycles. The molecular formula is C13H27N. The first-order valence-corrected chi connectivity index (χ1v) is 6.09. The van der Waals surface area contributed by atoms with Gasteiger partial charge >= 0.3 is 0 Å². The van der Waals surface area contributed by atoms with E-state index in [1.54, 1.807) is 0 Å². The maximum Gasteiger partial charge on any atom is 0.0221 e. The lowest BCUT2D eigenvalue weighted by Crippen LogP contribution is -2.32. The zero-order chi connectivity index (χ0) is 10.8. The molecule has 0 aliphatic carbocycles. The van der Waals surface area contributed by atoms with Crippen molar-refractivity contribution in [1.82, 2.24) is 5.32 Å². The molecule has 0 radical (unpaired) electrons. The summed E-state index contributed by atoms with van der Waals surface area (Å²) in [6, 6.07) is 1.07. The van der Waals surface area contributed by atoms with Crippen molar-refractivity contribution in [2.24, 2.45) is 0 Å². The lowest BCUT2D eigenvalue weighted by Gasteiger charge is -2.16. The van der Waals surface area contributed by atoms with Gasteiger partial charge in [-0.1, -0.05) is 45.1 Å². The van der Waals surface area contributed by atoms with Crippen LogP contribution in [0.5, 0.6) is 0 Å². The molecule has 0 aliphatic rings. The van der Waals surface area contributed by atoms with E-state index in [-0.39, 0.29) is 0 Å². The van der Waals surface area contributed by atoms with Crippen LogP contribution in [0.15, 0.2) is 12.7 Å². The summed E-state index contributed by atoms with van der Waals surface area (Å²) in [4.78, 5) is 0. The Morgan fingerprint density at radius 1 is 1.14 bits per heavy atom. The normalized spacial score (nSPS) is 15.1. The van der Waals surface area contributed by atoms with Gasteiger partial charge in [-0.05, 0) is 20.3 Å². The smallest absolute Gasteiger partial charge is 0.0221 e. The van der Waals surface area contributed by atoms with Gasteiger partial charge in [-0.25, -0.2) is 0 Å². The molecule has 0 aromatic carbocycles. The van der Waals surface area contributed by atoms with E-state index in [0.717, 1.165) is 0 Å². The highest BCUT2D eigenvalue weighted by atomic mass is 14.9. The fourth-order valence-corrected chi connectivity index (χ4v) is 1.65. The topological polar surface area (TPSA) is 12.0 Å². The molecule has 0 fully saturated rings. The van der Waals surface area contributed by atoms with Gasteiger partial charge in [0.15, 0.2) is 0 Å². The van der Waals surface area contributed by atoms with Crippen molar-refractivity contribution >= 4 is 0 Å². The summed E-state index contributed by atoms with van der Waals surface area (Å²) in [5.74, 6) is 0. The van der Waals surface area contributed by atoms with Gasteiger partial charge in [-0.3, -0.25) is 0 Å². The van der Waals surface area contributed by atoms with E-state index in [4.69, 9.17) is 0 Å². The Morgan fingerprint density at radius 3 is 2.36 bits per heavy atom. The third-order valence-electron chi connectivity index (χ3n) is 2.64. The maximum atomic E-state index is 3.77. The van der Waals surface area contributed by atoms with Crippen molar-refractivity contribution in [3.8, 4) is 0 Å². The summed E-state index contributed by atoms with van der Waals surface area (Å²) in [6.07, 6.45) is 10.1. The standard InChI is InChI=1S/C13H27N/c1-5-7-8-9-10-11-13(4)14-12(3)6-2/h6,12-14H,2,5,7-11H2,1,3-4H3. The Morgan fingerprint density at radius 2 is 1.79 bits per heavy atom. The summed E-state index contributed by atoms with van der Waals surface area (Å²) in [6.45, 7) is 10.4. The van der Waals surface area contributed by atoms with Gasteiger partial charge in [0, 0.05) is 12.1 Å². The molecule has 0 heterocycles. The van der Waals surface area contributed by atoms with Gasteiger partial charge in [-0.2, -0.15) is 0 Å². The quantitative estimate of drug-likeness (QED) is 0.436. The molecule has 2 unspecified atom stereocenters. The summed E-state index contributed by atoms with van der Waals surface area (Å²) < 4.78 is 0. The van der Waals surface area contributed by atoms with Crippen LogP contribution in [0.25, 0.3) is 0 Å². The van der Waals surface area contributed by atoms with Gasteiger partial charge in [0.25, 0.3) is 0 Å². The largest absolute Gasteiger partial charge is 0.308 e. The summed E-state index contributed by atoms with van der Waals surface area (Å²) in [7, 11) is 0. The molecule has 0 rings (SSSR count). The monoisotopic (exact) mass is 197 g/mol. The highest BCUT2D eigenvalue weighted by Crippen LogP contribution is 2.07. The van der Waals surface area contributed by atoms with Crippen LogP contribution in [0.1, 0.15) is 59.3 Å². The lowest BCUT2D eigenvalue weighted by atomic mass is 10.1. The van der Waals surface area contributed by atoms with Gasteiger partial charge in [0.2, 0.25) is 0 Å². The highest BCUT2D eigenvalue weighted by Gasteiger charge is 2.03. The molecule has 0 aromatic heterocycles. The van der Waals surface area contributed by atoms with E-state index in [0.29, 0.717) is 12.1 Å². The van der Waals surface area contributed by atoms with Crippen molar-refractivity contribution in [2.75, 3.05) is 0 Å². The third kappa shape index (κ3) is 8.31. The lowest BCUT2D eigenvalue weighted by molar-refractivity contribution is 0.461. The third-order valence-corrected chi connectivity index (χ3v) is 2.64. The van der Waals surface area contributed by atoms with Crippen LogP contribution in [0.4, 0.5) is 0 Å². The minimum atomic E-state index is 0.445. The molecule has 1 N–H and O–H groups in total. The molecule has 0 spiro atoms. The van der Waals surface area contributed by atoms with Crippen LogP contribution in [0, 0.1) is 0 Å². The molecule has 1 heteroatoms. The molecule has 0 aromatic rings. The average Bonchev–Trinajstić information content (AvgIpc) is 2.17. The summed E-state index contributed by atoms with van der Waals surface area (Å²) in [5, 5.41) is 3.50. The van der Waals surface area contributed by atoms with Crippen LogP contribution in [-0.2, 0) is 0 Å². The number of hydrogen-bond donors (Lipinski definition) is 1. The van der Waals surface area contributed by atoms with Crippen LogP contribution in [-0.4, -0.2) is 12.1 Å². The van der Waals surface area contributed by atoms with E-state index in [9.17, 15) is 0 Å². The number of unbranched alkanes of at least 4 members (excludes halogenated alkanes) is 4. The molecule has 2 atom stereocenters. The van der Waals surface area contributed by atoms with Crippen molar-refractivity contribution in [3.63, 3.8) is 0 Å². The number of nitrogens with one attached hydrogen (secondary N) is 1. The van der Waals surface area contributed by atoms with E-state index < -0.39 is 0 Å². The maximum absolute atomic E-state index is 3.77. The molecule has 84 valence electrons. The van der Waals surface area contributed by atoms with E-state index in [1.807, 2.05) is 6.08 Å². The molecule has 0 saturated carbocycles. The number of rotatable bonds is 9. The van der Waals surface area contributed by atoms with Gasteiger partial charge < -0.3 is 5.32 Å². The second kappa shape index (κ2) is 9.26. The zero-order valence-corrected chi connectivity index (χ0v) is 10.2. The van der Waals surface area contributed by atoms with Crippen LogP contribution < -0.4 is 5.32 Å². The van der Waals surface area contributed by atoms with Gasteiger partial charge in [0.1, 0.15) is 0 Å². The molecule has 0 saturated heterocycles. The molecule has 0 bridgehead atoms. The van der Waals surface area contributed by atoms with Crippen molar-refractivity contribution in [3.05, 3.63) is 12.7 Å². The van der Waals surface area contributed by atoms with Crippen LogP contribution >= 0.6 is 0 Å². The minimum Gasteiger partial charge on any atom is -0.308 e. The Labute approximate surface area is 90.0 Å². The molecule has 0 amide bonds. The SMILES string of the molecule is C=CC(C)NC(C)CCCCCCC. The zero-order valence-electron chi connectivity index (χ0n) is 10.2. The second-order valence-corrected chi connectivity index (χ2v) is 4.29. The molecular weight excluding hydrogens is 170 g/mol. The fourth-order valence-electron chi connectivity index (χ4n) is 1.65. The minimum absolute atomic E-state index is 0.445. The Kier molecular flexibility index (Phi) is 9.06. The van der Waals surface area contributed by atoms with Crippen molar-refractivity contribution in [1.29, 1.82) is 0 Å². The first-order valence-electron chi connectivity index (χ1n) is 6.09. The Hall–Kier alpha value is -0.300. The van der Waals surface area contributed by atoms with E-state index >= 15 is 0 Å². The molecule has 14 heavy (non-hydrogen) atoms. The van der Waals surface area contributed by atoms with Crippen molar-refractivity contribution < 1.29 is 0 Å². The average molecular weight is 197 g/mol.